The Morgan fingerprint density at radius 3 is 2.75 bits per heavy atom. The SMILES string of the molecule is O=C(NC1CSc2ccccc21)[C@@H]1CC[C@H](C(=O)O)O1. The van der Waals surface area contributed by atoms with Gasteiger partial charge in [0.15, 0.2) is 6.10 Å². The maximum atomic E-state index is 12.1. The Hall–Kier alpha value is -1.53. The summed E-state index contributed by atoms with van der Waals surface area (Å²) in [5.41, 5.74) is 1.12. The van der Waals surface area contributed by atoms with Crippen LogP contribution in [0.2, 0.25) is 0 Å². The minimum absolute atomic E-state index is 0.0174. The Balaban J connectivity index is 1.62. The molecule has 1 fully saturated rings. The zero-order chi connectivity index (χ0) is 14.1. The van der Waals surface area contributed by atoms with Gasteiger partial charge in [-0.1, -0.05) is 18.2 Å². The van der Waals surface area contributed by atoms with Crippen LogP contribution in [0.1, 0.15) is 24.4 Å². The minimum atomic E-state index is -0.998. The largest absolute Gasteiger partial charge is 0.479 e. The number of fused-ring (bicyclic) bond motifs is 1. The van der Waals surface area contributed by atoms with Crippen molar-refractivity contribution in [2.24, 2.45) is 0 Å². The lowest BCUT2D eigenvalue weighted by Gasteiger charge is -2.17. The molecule has 1 unspecified atom stereocenters. The zero-order valence-corrected chi connectivity index (χ0v) is 11.6. The second-order valence-electron chi connectivity index (χ2n) is 4.94. The Morgan fingerprint density at radius 2 is 2.00 bits per heavy atom. The number of carbonyl (C=O) groups excluding carboxylic acids is 1. The Bertz CT molecular complexity index is 548. The topological polar surface area (TPSA) is 75.6 Å². The highest BCUT2D eigenvalue weighted by atomic mass is 32.2. The van der Waals surface area contributed by atoms with Gasteiger partial charge in [0.1, 0.15) is 6.10 Å². The summed E-state index contributed by atoms with van der Waals surface area (Å²) < 4.78 is 5.26. The molecule has 0 saturated carbocycles. The second kappa shape index (κ2) is 5.46. The summed E-state index contributed by atoms with van der Waals surface area (Å²) in [6, 6.07) is 7.97. The predicted molar refractivity (Wildman–Crippen MR) is 73.6 cm³/mol. The average molecular weight is 293 g/mol. The van der Waals surface area contributed by atoms with Crippen LogP contribution in [0.15, 0.2) is 29.2 Å². The molecular formula is C14H15NO4S. The molecule has 1 saturated heterocycles. The van der Waals surface area contributed by atoms with E-state index in [1.165, 1.54) is 4.90 Å². The van der Waals surface area contributed by atoms with E-state index in [9.17, 15) is 9.59 Å². The first-order valence-corrected chi connectivity index (χ1v) is 7.54. The van der Waals surface area contributed by atoms with Gasteiger partial charge >= 0.3 is 5.97 Å². The molecule has 3 atom stereocenters. The lowest BCUT2D eigenvalue weighted by molar-refractivity contribution is -0.151. The molecule has 0 spiro atoms. The van der Waals surface area contributed by atoms with Crippen molar-refractivity contribution in [2.45, 2.75) is 36.0 Å². The molecule has 0 radical (unpaired) electrons. The molecule has 1 aromatic rings. The molecule has 106 valence electrons. The number of rotatable bonds is 3. The lowest BCUT2D eigenvalue weighted by atomic mass is 10.1. The molecule has 3 rings (SSSR count). The average Bonchev–Trinajstić information content (AvgIpc) is 3.06. The smallest absolute Gasteiger partial charge is 0.332 e. The Kier molecular flexibility index (Phi) is 3.67. The molecule has 1 amide bonds. The number of hydrogen-bond acceptors (Lipinski definition) is 4. The van der Waals surface area contributed by atoms with Crippen LogP contribution >= 0.6 is 11.8 Å². The van der Waals surface area contributed by atoms with Crippen molar-refractivity contribution in [3.05, 3.63) is 29.8 Å². The molecule has 20 heavy (non-hydrogen) atoms. The molecule has 0 bridgehead atoms. The minimum Gasteiger partial charge on any atom is -0.479 e. The molecule has 0 aromatic heterocycles. The van der Waals surface area contributed by atoms with Crippen LogP contribution in [0.5, 0.6) is 0 Å². The van der Waals surface area contributed by atoms with Crippen molar-refractivity contribution in [1.29, 1.82) is 0 Å². The fourth-order valence-electron chi connectivity index (χ4n) is 2.56. The number of amides is 1. The summed E-state index contributed by atoms with van der Waals surface area (Å²) in [6.07, 6.45) is -0.641. The van der Waals surface area contributed by atoms with Gasteiger partial charge < -0.3 is 15.2 Å². The highest BCUT2D eigenvalue weighted by Gasteiger charge is 2.36. The number of carboxylic acid groups (broad SMARTS) is 1. The van der Waals surface area contributed by atoms with Crippen LogP contribution in [0.25, 0.3) is 0 Å². The Labute approximate surface area is 120 Å². The van der Waals surface area contributed by atoms with Gasteiger partial charge in [-0.3, -0.25) is 4.79 Å². The zero-order valence-electron chi connectivity index (χ0n) is 10.7. The second-order valence-corrected chi connectivity index (χ2v) is 6.00. The highest BCUT2D eigenvalue weighted by Crippen LogP contribution is 2.37. The summed E-state index contributed by atoms with van der Waals surface area (Å²) in [6.45, 7) is 0. The van der Waals surface area contributed by atoms with E-state index in [4.69, 9.17) is 9.84 Å². The van der Waals surface area contributed by atoms with Gasteiger partial charge in [0.25, 0.3) is 0 Å². The number of carbonyl (C=O) groups is 2. The fourth-order valence-corrected chi connectivity index (χ4v) is 3.72. The summed E-state index contributed by atoms with van der Waals surface area (Å²) in [7, 11) is 0. The van der Waals surface area contributed by atoms with E-state index in [-0.39, 0.29) is 11.9 Å². The molecule has 5 nitrogen and oxygen atoms in total. The number of aliphatic carboxylic acids is 1. The molecule has 6 heteroatoms. The Morgan fingerprint density at radius 1 is 1.25 bits per heavy atom. The number of carboxylic acids is 1. The van der Waals surface area contributed by atoms with Crippen molar-refractivity contribution in [3.63, 3.8) is 0 Å². The van der Waals surface area contributed by atoms with Gasteiger partial charge in [0.05, 0.1) is 6.04 Å². The maximum Gasteiger partial charge on any atom is 0.332 e. The standard InChI is InChI=1S/C14H15NO4S/c16-13(10-5-6-11(19-10)14(17)18)15-9-7-20-12-4-2-1-3-8(9)12/h1-4,9-11H,5-7H2,(H,15,16)(H,17,18)/t9?,10-,11+/m0/s1. The van der Waals surface area contributed by atoms with Crippen LogP contribution in [-0.2, 0) is 14.3 Å². The van der Waals surface area contributed by atoms with Crippen molar-refractivity contribution in [2.75, 3.05) is 5.75 Å². The molecule has 2 N–H and O–H groups in total. The number of benzene rings is 1. The van der Waals surface area contributed by atoms with Crippen LogP contribution < -0.4 is 5.32 Å². The van der Waals surface area contributed by atoms with Crippen molar-refractivity contribution < 1.29 is 19.4 Å². The van der Waals surface area contributed by atoms with E-state index in [1.807, 2.05) is 24.3 Å². The predicted octanol–water partition coefficient (Wildman–Crippen LogP) is 1.58. The van der Waals surface area contributed by atoms with E-state index >= 15 is 0 Å². The van der Waals surface area contributed by atoms with E-state index < -0.39 is 18.2 Å². The molecule has 1 aromatic carbocycles. The molecule has 2 heterocycles. The first-order valence-electron chi connectivity index (χ1n) is 6.55. The van der Waals surface area contributed by atoms with Crippen molar-refractivity contribution in [1.82, 2.24) is 5.32 Å². The molecule has 0 aliphatic carbocycles. The summed E-state index contributed by atoms with van der Waals surface area (Å²) in [5, 5.41) is 11.8. The van der Waals surface area contributed by atoms with E-state index in [2.05, 4.69) is 5.32 Å². The summed E-state index contributed by atoms with van der Waals surface area (Å²) in [5.74, 6) is -0.404. The third kappa shape index (κ3) is 2.53. The number of hydrogen-bond donors (Lipinski definition) is 2. The van der Waals surface area contributed by atoms with Gasteiger partial charge in [0.2, 0.25) is 5.91 Å². The highest BCUT2D eigenvalue weighted by molar-refractivity contribution is 7.99. The van der Waals surface area contributed by atoms with Crippen LogP contribution in [-0.4, -0.2) is 34.9 Å². The monoisotopic (exact) mass is 293 g/mol. The number of nitrogens with one attached hydrogen (secondary N) is 1. The first kappa shape index (κ1) is 13.5. The van der Waals surface area contributed by atoms with Gasteiger partial charge in [-0.2, -0.15) is 0 Å². The quantitative estimate of drug-likeness (QED) is 0.885. The van der Waals surface area contributed by atoms with Gasteiger partial charge in [0, 0.05) is 10.6 Å². The molecule has 2 aliphatic heterocycles. The van der Waals surface area contributed by atoms with Gasteiger partial charge in [-0.15, -0.1) is 11.8 Å². The van der Waals surface area contributed by atoms with E-state index in [0.717, 1.165) is 11.3 Å². The van der Waals surface area contributed by atoms with Crippen molar-refractivity contribution in [3.8, 4) is 0 Å². The third-order valence-electron chi connectivity index (χ3n) is 3.60. The molecule has 2 aliphatic rings. The van der Waals surface area contributed by atoms with Gasteiger partial charge in [-0.05, 0) is 24.5 Å². The van der Waals surface area contributed by atoms with Crippen LogP contribution in [0, 0.1) is 0 Å². The van der Waals surface area contributed by atoms with E-state index in [0.29, 0.717) is 12.8 Å². The van der Waals surface area contributed by atoms with Crippen LogP contribution in [0.3, 0.4) is 0 Å². The lowest BCUT2D eigenvalue weighted by Crippen LogP contribution is -2.38. The summed E-state index contributed by atoms with van der Waals surface area (Å²) in [4.78, 5) is 24.1. The van der Waals surface area contributed by atoms with E-state index in [1.54, 1.807) is 11.8 Å². The first-order chi connectivity index (χ1) is 9.65. The van der Waals surface area contributed by atoms with Crippen molar-refractivity contribution >= 4 is 23.6 Å². The number of thioether (sulfide) groups is 1. The van der Waals surface area contributed by atoms with Gasteiger partial charge in [-0.25, -0.2) is 4.79 Å². The third-order valence-corrected chi connectivity index (χ3v) is 4.79. The summed E-state index contributed by atoms with van der Waals surface area (Å²) >= 11 is 1.72. The normalized spacial score (nSPS) is 28.1. The molecular weight excluding hydrogens is 278 g/mol. The fraction of sp³-hybridized carbons (Fsp3) is 0.429. The maximum absolute atomic E-state index is 12.1. The number of ether oxygens (including phenoxy) is 1. The van der Waals surface area contributed by atoms with Crippen LogP contribution in [0.4, 0.5) is 0 Å².